The molecule has 0 amide bonds. The van der Waals surface area contributed by atoms with Crippen molar-refractivity contribution in [1.82, 2.24) is 9.78 Å². The molecule has 7 heavy (non-hydrogen) atoms. The topological polar surface area (TPSA) is 17.8 Å². The second-order valence-electron chi connectivity index (χ2n) is 1.28. The Labute approximate surface area is 42.8 Å². The molecule has 0 aromatic carbocycles. The first-order valence-corrected chi connectivity index (χ1v) is 2.33. The highest BCUT2D eigenvalue weighted by Gasteiger charge is 1.78. The van der Waals surface area contributed by atoms with E-state index in [9.17, 15) is 0 Å². The summed E-state index contributed by atoms with van der Waals surface area (Å²) in [5.41, 5.74) is 0. The van der Waals surface area contributed by atoms with Crippen molar-refractivity contribution in [3.8, 4) is 0 Å². The zero-order chi connectivity index (χ0) is 5.11. The summed E-state index contributed by atoms with van der Waals surface area (Å²) in [6.07, 6.45) is 4.62. The van der Waals surface area contributed by atoms with Gasteiger partial charge in [0.15, 0.2) is 0 Å². The van der Waals surface area contributed by atoms with Gasteiger partial charge in [0.2, 0.25) is 0 Å². The normalized spacial score (nSPS) is 9.29. The molecule has 0 aliphatic heterocycles. The maximum Gasteiger partial charge on any atom is 0.0863 e. The fourth-order valence-electron chi connectivity index (χ4n) is 0.439. The van der Waals surface area contributed by atoms with E-state index in [-0.39, 0.29) is 0 Å². The van der Waals surface area contributed by atoms with E-state index in [4.69, 9.17) is 0 Å². The van der Waals surface area contributed by atoms with Gasteiger partial charge in [-0.05, 0) is 13.0 Å². The Bertz CT molecular complexity index is 121. The largest absolute Gasteiger partial charge is 0.264 e. The number of nitrogens with zero attached hydrogens (tertiary/aromatic N) is 2. The summed E-state index contributed by atoms with van der Waals surface area (Å²) in [5.74, 6) is 0. The van der Waals surface area contributed by atoms with Gasteiger partial charge in [-0.1, -0.05) is 0 Å². The molecule has 1 aromatic rings. The summed E-state index contributed by atoms with van der Waals surface area (Å²) in [7, 11) is 0. The third-order valence-corrected chi connectivity index (χ3v) is 0.804. The molecule has 0 bridgehead atoms. The van der Waals surface area contributed by atoms with Crippen LogP contribution in [0.25, 0.3) is 0 Å². The van der Waals surface area contributed by atoms with E-state index in [1.165, 1.54) is 0 Å². The van der Waals surface area contributed by atoms with Crippen molar-refractivity contribution in [2.24, 2.45) is 0 Å². The van der Waals surface area contributed by atoms with Gasteiger partial charge in [0.25, 0.3) is 0 Å². The van der Waals surface area contributed by atoms with E-state index in [2.05, 4.69) is 11.3 Å². The SMILES string of the molecule is CCn1[c]ccn1. The predicted molar refractivity (Wildman–Crippen MR) is 26.7 cm³/mol. The molecule has 0 aliphatic rings. The molecule has 1 rings (SSSR count). The monoisotopic (exact) mass is 95.1 g/mol. The summed E-state index contributed by atoms with van der Waals surface area (Å²) in [6, 6.07) is 1.80. The second-order valence-corrected chi connectivity index (χ2v) is 1.28. The lowest BCUT2D eigenvalue weighted by atomic mass is 10.7. The van der Waals surface area contributed by atoms with Crippen LogP contribution in [-0.2, 0) is 6.54 Å². The van der Waals surface area contributed by atoms with Gasteiger partial charge in [0, 0.05) is 12.7 Å². The van der Waals surface area contributed by atoms with Gasteiger partial charge in [-0.3, -0.25) is 4.68 Å². The third kappa shape index (κ3) is 0.796. The molecule has 1 radical (unpaired) electrons. The smallest absolute Gasteiger partial charge is 0.0863 e. The standard InChI is InChI=1S/C5H7N2/c1-2-7-5-3-4-6-7/h3-4H,2H2,1H3. The fourth-order valence-corrected chi connectivity index (χ4v) is 0.439. The van der Waals surface area contributed by atoms with E-state index in [1.807, 2.05) is 6.92 Å². The molecule has 1 aromatic heterocycles. The van der Waals surface area contributed by atoms with Crippen LogP contribution in [0, 0.1) is 6.20 Å². The van der Waals surface area contributed by atoms with Crippen molar-refractivity contribution in [3.05, 3.63) is 18.5 Å². The first-order valence-electron chi connectivity index (χ1n) is 2.33. The minimum absolute atomic E-state index is 0.910. The van der Waals surface area contributed by atoms with Crippen LogP contribution in [0.1, 0.15) is 6.92 Å². The molecule has 0 saturated heterocycles. The lowest BCUT2D eigenvalue weighted by Gasteiger charge is -1.86. The molecule has 0 aliphatic carbocycles. The zero-order valence-electron chi connectivity index (χ0n) is 4.26. The fraction of sp³-hybridized carbons (Fsp3) is 0.400. The van der Waals surface area contributed by atoms with Crippen molar-refractivity contribution >= 4 is 0 Å². The molecule has 2 nitrogen and oxygen atoms in total. The molecule has 0 unspecified atom stereocenters. The van der Waals surface area contributed by atoms with Gasteiger partial charge in [0.1, 0.15) is 0 Å². The highest BCUT2D eigenvalue weighted by molar-refractivity contribution is 4.74. The molecule has 0 spiro atoms. The zero-order valence-corrected chi connectivity index (χ0v) is 4.26. The van der Waals surface area contributed by atoms with Crippen LogP contribution in [0.3, 0.4) is 0 Å². The maximum absolute atomic E-state index is 3.90. The van der Waals surface area contributed by atoms with Gasteiger partial charge < -0.3 is 0 Å². The maximum atomic E-state index is 3.90. The van der Waals surface area contributed by atoms with E-state index >= 15 is 0 Å². The van der Waals surface area contributed by atoms with Crippen LogP contribution < -0.4 is 0 Å². The first kappa shape index (κ1) is 4.37. The third-order valence-electron chi connectivity index (χ3n) is 0.804. The van der Waals surface area contributed by atoms with Gasteiger partial charge in [-0.25, -0.2) is 0 Å². The van der Waals surface area contributed by atoms with Gasteiger partial charge in [0.05, 0.1) is 6.20 Å². The minimum Gasteiger partial charge on any atom is -0.264 e. The van der Waals surface area contributed by atoms with Crippen molar-refractivity contribution in [2.45, 2.75) is 13.5 Å². The Balaban J connectivity index is 2.76. The Kier molecular flexibility index (Phi) is 1.11. The Morgan fingerprint density at radius 2 is 2.71 bits per heavy atom. The molecule has 0 atom stereocenters. The Hall–Kier alpha value is -0.790. The number of rotatable bonds is 1. The lowest BCUT2D eigenvalue weighted by Crippen LogP contribution is -1.92. The molecule has 1 heterocycles. The molecule has 0 saturated carbocycles. The van der Waals surface area contributed by atoms with E-state index in [1.54, 1.807) is 16.9 Å². The number of aryl methyl sites for hydroxylation is 1. The lowest BCUT2D eigenvalue weighted by molar-refractivity contribution is 0.655. The summed E-state index contributed by atoms with van der Waals surface area (Å²) < 4.78 is 1.75. The van der Waals surface area contributed by atoms with Crippen molar-refractivity contribution in [3.63, 3.8) is 0 Å². The van der Waals surface area contributed by atoms with Gasteiger partial charge in [-0.15, -0.1) is 0 Å². The quantitative estimate of drug-likeness (QED) is 0.502. The van der Waals surface area contributed by atoms with Gasteiger partial charge >= 0.3 is 0 Å². The Morgan fingerprint density at radius 1 is 1.86 bits per heavy atom. The second kappa shape index (κ2) is 1.78. The number of aromatic nitrogens is 2. The summed E-state index contributed by atoms with van der Waals surface area (Å²) >= 11 is 0. The van der Waals surface area contributed by atoms with Gasteiger partial charge in [-0.2, -0.15) is 5.10 Å². The van der Waals surface area contributed by atoms with Crippen molar-refractivity contribution in [1.29, 1.82) is 0 Å². The van der Waals surface area contributed by atoms with Crippen LogP contribution in [0.2, 0.25) is 0 Å². The first-order chi connectivity index (χ1) is 3.43. The molecule has 2 heteroatoms. The molecule has 37 valence electrons. The average molecular weight is 95.1 g/mol. The number of hydrogen-bond donors (Lipinski definition) is 0. The highest BCUT2D eigenvalue weighted by Crippen LogP contribution is 1.78. The van der Waals surface area contributed by atoms with Crippen LogP contribution >= 0.6 is 0 Å². The van der Waals surface area contributed by atoms with E-state index in [0.29, 0.717) is 0 Å². The average Bonchev–Trinajstić information content (AvgIpc) is 2.14. The molecule has 0 fully saturated rings. The summed E-state index contributed by atoms with van der Waals surface area (Å²) in [4.78, 5) is 0. The molecular formula is C5H7N2. The summed E-state index contributed by atoms with van der Waals surface area (Å²) in [6.45, 7) is 2.94. The van der Waals surface area contributed by atoms with E-state index < -0.39 is 0 Å². The van der Waals surface area contributed by atoms with Crippen LogP contribution in [0.4, 0.5) is 0 Å². The Morgan fingerprint density at radius 3 is 3.00 bits per heavy atom. The number of hydrogen-bond acceptors (Lipinski definition) is 1. The van der Waals surface area contributed by atoms with Crippen LogP contribution in [0.15, 0.2) is 12.3 Å². The predicted octanol–water partition coefficient (Wildman–Crippen LogP) is 0.703. The van der Waals surface area contributed by atoms with Crippen LogP contribution in [-0.4, -0.2) is 9.78 Å². The van der Waals surface area contributed by atoms with E-state index in [0.717, 1.165) is 6.54 Å². The molecular weight excluding hydrogens is 88.1 g/mol. The van der Waals surface area contributed by atoms with Crippen molar-refractivity contribution in [2.75, 3.05) is 0 Å². The molecule has 0 N–H and O–H groups in total. The summed E-state index contributed by atoms with van der Waals surface area (Å²) in [5, 5.41) is 3.90. The minimum atomic E-state index is 0.910. The van der Waals surface area contributed by atoms with Crippen LogP contribution in [0.5, 0.6) is 0 Å². The highest BCUT2D eigenvalue weighted by atomic mass is 15.2. The van der Waals surface area contributed by atoms with Crippen molar-refractivity contribution < 1.29 is 0 Å².